The molecule has 2 amide bonds. The monoisotopic (exact) mass is 188 g/mol. The number of carbonyl (C=O) groups excluding carboxylic acids is 1. The number of rotatable bonds is 4. The molecule has 1 atom stereocenters. The van der Waals surface area contributed by atoms with Gasteiger partial charge in [0.05, 0.1) is 12.6 Å². The predicted molar refractivity (Wildman–Crippen MR) is 52.8 cm³/mol. The molecular formula is C9H20N2O2. The Morgan fingerprint density at radius 2 is 2.00 bits per heavy atom. The topological polar surface area (TPSA) is 32.8 Å². The lowest BCUT2D eigenvalue weighted by Gasteiger charge is -2.30. The van der Waals surface area contributed by atoms with Crippen LogP contribution in [-0.2, 0) is 4.74 Å². The lowest BCUT2D eigenvalue weighted by atomic mass is 10.3. The highest BCUT2D eigenvalue weighted by Gasteiger charge is 2.19. The average molecular weight is 188 g/mol. The quantitative estimate of drug-likeness (QED) is 0.660. The molecular weight excluding hydrogens is 168 g/mol. The molecule has 0 bridgehead atoms. The van der Waals surface area contributed by atoms with Crippen LogP contribution in [0, 0.1) is 0 Å². The highest BCUT2D eigenvalue weighted by molar-refractivity contribution is 5.74. The van der Waals surface area contributed by atoms with Crippen LogP contribution in [0.2, 0.25) is 0 Å². The van der Waals surface area contributed by atoms with Gasteiger partial charge >= 0.3 is 6.03 Å². The molecule has 0 radical (unpaired) electrons. The molecule has 1 unspecified atom stereocenters. The molecule has 4 nitrogen and oxygen atoms in total. The van der Waals surface area contributed by atoms with E-state index in [2.05, 4.69) is 0 Å². The fourth-order valence-corrected chi connectivity index (χ4v) is 1.22. The second-order valence-corrected chi connectivity index (χ2v) is 3.27. The van der Waals surface area contributed by atoms with Gasteiger partial charge in [0, 0.05) is 27.7 Å². The number of ether oxygens (including phenoxy) is 1. The minimum Gasteiger partial charge on any atom is -0.383 e. The lowest BCUT2D eigenvalue weighted by Crippen LogP contribution is -2.46. The van der Waals surface area contributed by atoms with E-state index < -0.39 is 0 Å². The van der Waals surface area contributed by atoms with Crippen molar-refractivity contribution in [3.63, 3.8) is 0 Å². The summed E-state index contributed by atoms with van der Waals surface area (Å²) in [5.41, 5.74) is 0. The first-order chi connectivity index (χ1) is 6.04. The summed E-state index contributed by atoms with van der Waals surface area (Å²) < 4.78 is 5.00. The van der Waals surface area contributed by atoms with Crippen molar-refractivity contribution < 1.29 is 9.53 Å². The zero-order valence-corrected chi connectivity index (χ0v) is 9.20. The third-order valence-electron chi connectivity index (χ3n) is 1.91. The van der Waals surface area contributed by atoms with Gasteiger partial charge < -0.3 is 14.5 Å². The molecule has 78 valence electrons. The van der Waals surface area contributed by atoms with Crippen molar-refractivity contribution in [3.8, 4) is 0 Å². The number of nitrogens with zero attached hydrogens (tertiary/aromatic N) is 2. The molecule has 0 aromatic heterocycles. The van der Waals surface area contributed by atoms with E-state index >= 15 is 0 Å². The van der Waals surface area contributed by atoms with Crippen LogP contribution in [0.15, 0.2) is 0 Å². The smallest absolute Gasteiger partial charge is 0.319 e. The molecule has 0 N–H and O–H groups in total. The van der Waals surface area contributed by atoms with E-state index in [0.717, 1.165) is 0 Å². The molecule has 0 saturated heterocycles. The Labute approximate surface area is 80.5 Å². The zero-order valence-electron chi connectivity index (χ0n) is 9.20. The summed E-state index contributed by atoms with van der Waals surface area (Å²) in [7, 11) is 5.15. The van der Waals surface area contributed by atoms with E-state index in [1.54, 1.807) is 31.0 Å². The second-order valence-electron chi connectivity index (χ2n) is 3.27. The van der Waals surface area contributed by atoms with Crippen molar-refractivity contribution in [2.75, 3.05) is 34.4 Å². The van der Waals surface area contributed by atoms with E-state index in [1.165, 1.54) is 0 Å². The van der Waals surface area contributed by atoms with Gasteiger partial charge in [-0.3, -0.25) is 0 Å². The maximum Gasteiger partial charge on any atom is 0.319 e. The van der Waals surface area contributed by atoms with Crippen molar-refractivity contribution in [2.24, 2.45) is 0 Å². The van der Waals surface area contributed by atoms with Gasteiger partial charge in [0.25, 0.3) is 0 Å². The van der Waals surface area contributed by atoms with Crippen LogP contribution in [0.4, 0.5) is 4.79 Å². The van der Waals surface area contributed by atoms with Crippen LogP contribution < -0.4 is 0 Å². The standard InChI is InChI=1S/C9H20N2O2/c1-6-11(8(2)7-13-5)9(12)10(3)4/h8H,6-7H2,1-5H3. The van der Waals surface area contributed by atoms with Gasteiger partial charge in [0.1, 0.15) is 0 Å². The van der Waals surface area contributed by atoms with Gasteiger partial charge in [0.2, 0.25) is 0 Å². The SMILES string of the molecule is CCN(C(=O)N(C)C)C(C)COC. The number of hydrogen-bond acceptors (Lipinski definition) is 2. The number of methoxy groups -OCH3 is 1. The normalized spacial score (nSPS) is 12.4. The van der Waals surface area contributed by atoms with Crippen LogP contribution in [0.5, 0.6) is 0 Å². The Bertz CT molecular complexity index is 160. The van der Waals surface area contributed by atoms with Crippen molar-refractivity contribution in [1.29, 1.82) is 0 Å². The molecule has 0 aliphatic heterocycles. The Balaban J connectivity index is 4.23. The van der Waals surface area contributed by atoms with Crippen molar-refractivity contribution in [3.05, 3.63) is 0 Å². The molecule has 0 aromatic carbocycles. The number of likely N-dealkylation sites (N-methyl/N-ethyl adjacent to an activating group) is 1. The summed E-state index contributed by atoms with van der Waals surface area (Å²) in [5.74, 6) is 0. The first-order valence-electron chi connectivity index (χ1n) is 4.51. The van der Waals surface area contributed by atoms with Gasteiger partial charge in [-0.2, -0.15) is 0 Å². The number of amides is 2. The largest absolute Gasteiger partial charge is 0.383 e. The van der Waals surface area contributed by atoms with Crippen molar-refractivity contribution in [2.45, 2.75) is 19.9 Å². The van der Waals surface area contributed by atoms with Crippen LogP contribution in [0.25, 0.3) is 0 Å². The second kappa shape index (κ2) is 5.80. The summed E-state index contributed by atoms with van der Waals surface area (Å²) in [6.07, 6.45) is 0. The molecule has 0 spiro atoms. The third kappa shape index (κ3) is 3.63. The zero-order chi connectivity index (χ0) is 10.4. The van der Waals surface area contributed by atoms with Crippen LogP contribution in [0.1, 0.15) is 13.8 Å². The Hall–Kier alpha value is -0.770. The van der Waals surface area contributed by atoms with Crippen LogP contribution >= 0.6 is 0 Å². The first-order valence-corrected chi connectivity index (χ1v) is 4.51. The molecule has 0 heterocycles. The summed E-state index contributed by atoms with van der Waals surface area (Å²) in [6.45, 7) is 5.23. The summed E-state index contributed by atoms with van der Waals surface area (Å²) in [4.78, 5) is 14.9. The van der Waals surface area contributed by atoms with E-state index in [-0.39, 0.29) is 12.1 Å². The first kappa shape index (κ1) is 12.2. The number of carbonyl (C=O) groups is 1. The fraction of sp³-hybridized carbons (Fsp3) is 0.889. The van der Waals surface area contributed by atoms with E-state index in [1.807, 2.05) is 13.8 Å². The maximum atomic E-state index is 11.6. The molecule has 0 aliphatic rings. The van der Waals surface area contributed by atoms with Crippen molar-refractivity contribution in [1.82, 2.24) is 9.80 Å². The fourth-order valence-electron chi connectivity index (χ4n) is 1.22. The predicted octanol–water partition coefficient (Wildman–Crippen LogP) is 1.02. The Morgan fingerprint density at radius 3 is 2.31 bits per heavy atom. The molecule has 0 rings (SSSR count). The van der Waals surface area contributed by atoms with Gasteiger partial charge in [-0.15, -0.1) is 0 Å². The van der Waals surface area contributed by atoms with Crippen LogP contribution in [-0.4, -0.2) is 56.2 Å². The van der Waals surface area contributed by atoms with Crippen LogP contribution in [0.3, 0.4) is 0 Å². The maximum absolute atomic E-state index is 11.6. The molecule has 0 fully saturated rings. The minimum absolute atomic E-state index is 0.0343. The highest BCUT2D eigenvalue weighted by Crippen LogP contribution is 2.02. The number of hydrogen-bond donors (Lipinski definition) is 0. The van der Waals surface area contributed by atoms with E-state index in [9.17, 15) is 4.79 Å². The van der Waals surface area contributed by atoms with E-state index in [0.29, 0.717) is 13.2 Å². The van der Waals surface area contributed by atoms with Gasteiger partial charge in [-0.05, 0) is 13.8 Å². The summed E-state index contributed by atoms with van der Waals surface area (Å²) in [6, 6.07) is 0.164. The highest BCUT2D eigenvalue weighted by atomic mass is 16.5. The Kier molecular flexibility index (Phi) is 5.46. The lowest BCUT2D eigenvalue weighted by molar-refractivity contribution is 0.103. The molecule has 0 aliphatic carbocycles. The molecule has 4 heteroatoms. The van der Waals surface area contributed by atoms with Crippen molar-refractivity contribution >= 4 is 6.03 Å². The summed E-state index contributed by atoms with van der Waals surface area (Å²) >= 11 is 0. The Morgan fingerprint density at radius 1 is 1.46 bits per heavy atom. The van der Waals surface area contributed by atoms with Gasteiger partial charge in [-0.1, -0.05) is 0 Å². The minimum atomic E-state index is 0.0343. The van der Waals surface area contributed by atoms with Gasteiger partial charge in [-0.25, -0.2) is 4.79 Å². The number of urea groups is 1. The molecule has 13 heavy (non-hydrogen) atoms. The average Bonchev–Trinajstić information content (AvgIpc) is 2.05. The molecule has 0 saturated carbocycles. The van der Waals surface area contributed by atoms with Gasteiger partial charge in [0.15, 0.2) is 0 Å². The molecule has 0 aromatic rings. The van der Waals surface area contributed by atoms with E-state index in [4.69, 9.17) is 4.74 Å². The third-order valence-corrected chi connectivity index (χ3v) is 1.91. The summed E-state index contributed by atoms with van der Waals surface area (Å²) in [5, 5.41) is 0.